The molecule has 1 atom stereocenters. The van der Waals surface area contributed by atoms with Crippen molar-refractivity contribution < 1.29 is 17.9 Å². The average Bonchev–Trinajstić information content (AvgIpc) is 2.57. The fourth-order valence-corrected chi connectivity index (χ4v) is 4.36. The smallest absolute Gasteiger partial charge is 0.248 e. The zero-order valence-corrected chi connectivity index (χ0v) is 17.7. The lowest BCUT2D eigenvalue weighted by Crippen LogP contribution is -2.45. The summed E-state index contributed by atoms with van der Waals surface area (Å²) in [5.41, 5.74) is 0.426. The molecule has 0 aliphatic rings. The molecule has 2 aromatic carbocycles. The Balaban J connectivity index is 2.39. The Kier molecular flexibility index (Phi) is 6.86. The summed E-state index contributed by atoms with van der Waals surface area (Å²) in [5.74, 6) is -0.226. The number of para-hydroxylation sites is 1. The number of benzene rings is 2. The van der Waals surface area contributed by atoms with Gasteiger partial charge in [0.15, 0.2) is 0 Å². The van der Waals surface area contributed by atoms with Crippen LogP contribution in [0.2, 0.25) is 15.1 Å². The molecule has 10 heteroatoms. The number of halogens is 3. The van der Waals surface area contributed by atoms with E-state index in [1.807, 2.05) is 0 Å². The molecule has 0 spiro atoms. The molecule has 1 N–H and O–H groups in total. The standard InChI is InChI=1S/C17H17Cl3N2O4S/c1-10(17(23)21-16-12(18)5-4-6-13(16)19)22(27(3,24)25)11-7-8-15(26-2)14(20)9-11/h4-10H,1-3H3,(H,21,23)/t10-/m0/s1. The minimum absolute atomic E-state index is 0.207. The van der Waals surface area contributed by atoms with E-state index in [2.05, 4.69) is 5.32 Å². The van der Waals surface area contributed by atoms with Gasteiger partial charge in [-0.2, -0.15) is 0 Å². The predicted molar refractivity (Wildman–Crippen MR) is 110 cm³/mol. The monoisotopic (exact) mass is 450 g/mol. The molecule has 0 radical (unpaired) electrons. The van der Waals surface area contributed by atoms with Gasteiger partial charge in [0, 0.05) is 0 Å². The van der Waals surface area contributed by atoms with Crippen LogP contribution in [0.25, 0.3) is 0 Å². The van der Waals surface area contributed by atoms with Gasteiger partial charge >= 0.3 is 0 Å². The average molecular weight is 452 g/mol. The molecule has 0 aromatic heterocycles. The van der Waals surface area contributed by atoms with E-state index in [-0.39, 0.29) is 26.4 Å². The van der Waals surface area contributed by atoms with Crippen LogP contribution >= 0.6 is 34.8 Å². The highest BCUT2D eigenvalue weighted by molar-refractivity contribution is 7.92. The Labute approximate surface area is 173 Å². The SMILES string of the molecule is COc1ccc(N([C@@H](C)C(=O)Nc2c(Cl)cccc2Cl)S(C)(=O)=O)cc1Cl. The third-order valence-corrected chi connectivity index (χ3v) is 5.86. The number of amides is 1. The number of rotatable bonds is 6. The van der Waals surface area contributed by atoms with Gasteiger partial charge in [0.05, 0.1) is 39.8 Å². The molecule has 1 amide bonds. The number of hydrogen-bond donors (Lipinski definition) is 1. The van der Waals surface area contributed by atoms with E-state index < -0.39 is 22.0 Å². The Morgan fingerprint density at radius 3 is 2.19 bits per heavy atom. The Morgan fingerprint density at radius 2 is 1.70 bits per heavy atom. The van der Waals surface area contributed by atoms with Gasteiger partial charge in [-0.3, -0.25) is 9.10 Å². The van der Waals surface area contributed by atoms with Crippen molar-refractivity contribution in [2.45, 2.75) is 13.0 Å². The van der Waals surface area contributed by atoms with Gasteiger partial charge in [-0.05, 0) is 37.3 Å². The van der Waals surface area contributed by atoms with Gasteiger partial charge < -0.3 is 10.1 Å². The summed E-state index contributed by atoms with van der Waals surface area (Å²) in [6, 6.07) is 8.08. The lowest BCUT2D eigenvalue weighted by Gasteiger charge is -2.28. The van der Waals surface area contributed by atoms with Gasteiger partial charge in [0.2, 0.25) is 15.9 Å². The third kappa shape index (κ3) is 4.99. The second-order valence-corrected chi connectivity index (χ2v) is 8.72. The van der Waals surface area contributed by atoms with E-state index in [1.165, 1.54) is 32.2 Å². The van der Waals surface area contributed by atoms with Crippen LogP contribution in [0.3, 0.4) is 0 Å². The molecule has 2 aromatic rings. The highest BCUT2D eigenvalue weighted by Crippen LogP contribution is 2.33. The molecule has 0 unspecified atom stereocenters. The maximum Gasteiger partial charge on any atom is 0.248 e. The highest BCUT2D eigenvalue weighted by atomic mass is 35.5. The summed E-state index contributed by atoms with van der Waals surface area (Å²) in [4.78, 5) is 12.7. The van der Waals surface area contributed by atoms with E-state index in [9.17, 15) is 13.2 Å². The van der Waals surface area contributed by atoms with Crippen LogP contribution in [-0.4, -0.2) is 33.7 Å². The molecule has 27 heavy (non-hydrogen) atoms. The first-order valence-electron chi connectivity index (χ1n) is 7.64. The topological polar surface area (TPSA) is 75.7 Å². The molecular formula is C17H17Cl3N2O4S. The van der Waals surface area contributed by atoms with Crippen LogP contribution in [0.1, 0.15) is 6.92 Å². The van der Waals surface area contributed by atoms with E-state index in [0.717, 1.165) is 10.6 Å². The molecule has 146 valence electrons. The molecular weight excluding hydrogens is 435 g/mol. The number of nitrogens with zero attached hydrogens (tertiary/aromatic N) is 1. The van der Waals surface area contributed by atoms with Gasteiger partial charge in [-0.25, -0.2) is 8.42 Å². The zero-order chi connectivity index (χ0) is 20.4. The van der Waals surface area contributed by atoms with Gasteiger partial charge in [0.1, 0.15) is 11.8 Å². The third-order valence-electron chi connectivity index (χ3n) is 3.69. The number of nitrogens with one attached hydrogen (secondary N) is 1. The first-order valence-corrected chi connectivity index (χ1v) is 10.6. The first kappa shape index (κ1) is 21.6. The summed E-state index contributed by atoms with van der Waals surface area (Å²) in [5, 5.41) is 3.26. The maximum atomic E-state index is 12.7. The second kappa shape index (κ2) is 8.56. The maximum absolute atomic E-state index is 12.7. The predicted octanol–water partition coefficient (Wildman–Crippen LogP) is 4.45. The molecule has 0 fully saturated rings. The van der Waals surface area contributed by atoms with E-state index in [4.69, 9.17) is 39.5 Å². The second-order valence-electron chi connectivity index (χ2n) is 5.64. The molecule has 0 saturated carbocycles. The zero-order valence-electron chi connectivity index (χ0n) is 14.7. The number of hydrogen-bond acceptors (Lipinski definition) is 4. The summed E-state index contributed by atoms with van der Waals surface area (Å²) in [6.45, 7) is 1.44. The Bertz CT molecular complexity index is 946. The largest absolute Gasteiger partial charge is 0.495 e. The number of carbonyl (C=O) groups is 1. The van der Waals surface area contributed by atoms with Crippen molar-refractivity contribution in [2.24, 2.45) is 0 Å². The van der Waals surface area contributed by atoms with Crippen LogP contribution in [0.4, 0.5) is 11.4 Å². The van der Waals surface area contributed by atoms with Crippen molar-refractivity contribution in [1.29, 1.82) is 0 Å². The summed E-state index contributed by atoms with van der Waals surface area (Å²) < 4.78 is 30.7. The van der Waals surface area contributed by atoms with Crippen LogP contribution in [-0.2, 0) is 14.8 Å². The van der Waals surface area contributed by atoms with E-state index in [0.29, 0.717) is 5.75 Å². The molecule has 0 aliphatic carbocycles. The normalized spacial score (nSPS) is 12.4. The summed E-state index contributed by atoms with van der Waals surface area (Å²) >= 11 is 18.2. The highest BCUT2D eigenvalue weighted by Gasteiger charge is 2.30. The number of ether oxygens (including phenoxy) is 1. The Morgan fingerprint density at radius 1 is 1.11 bits per heavy atom. The van der Waals surface area contributed by atoms with Gasteiger partial charge in [-0.15, -0.1) is 0 Å². The van der Waals surface area contributed by atoms with Crippen molar-refractivity contribution in [3.63, 3.8) is 0 Å². The fraction of sp³-hybridized carbons (Fsp3) is 0.235. The molecule has 0 saturated heterocycles. The lowest BCUT2D eigenvalue weighted by atomic mass is 10.2. The van der Waals surface area contributed by atoms with Crippen molar-refractivity contribution in [2.75, 3.05) is 23.0 Å². The van der Waals surface area contributed by atoms with E-state index >= 15 is 0 Å². The summed E-state index contributed by atoms with van der Waals surface area (Å²) in [7, 11) is -2.36. The van der Waals surface area contributed by atoms with Crippen molar-refractivity contribution >= 4 is 62.1 Å². The van der Waals surface area contributed by atoms with Crippen molar-refractivity contribution in [3.05, 3.63) is 51.5 Å². The minimum Gasteiger partial charge on any atom is -0.495 e. The number of carbonyl (C=O) groups excluding carboxylic acids is 1. The number of sulfonamides is 1. The lowest BCUT2D eigenvalue weighted by molar-refractivity contribution is -0.116. The number of anilines is 2. The van der Waals surface area contributed by atoms with Crippen LogP contribution in [0.15, 0.2) is 36.4 Å². The van der Waals surface area contributed by atoms with Crippen LogP contribution < -0.4 is 14.4 Å². The molecule has 6 nitrogen and oxygen atoms in total. The van der Waals surface area contributed by atoms with Gasteiger partial charge in [0.25, 0.3) is 0 Å². The minimum atomic E-state index is -3.80. The molecule has 0 heterocycles. The van der Waals surface area contributed by atoms with Gasteiger partial charge in [-0.1, -0.05) is 40.9 Å². The summed E-state index contributed by atoms with van der Waals surface area (Å²) in [6.07, 6.45) is 0.997. The van der Waals surface area contributed by atoms with E-state index in [1.54, 1.807) is 18.2 Å². The molecule has 2 rings (SSSR count). The molecule has 0 bridgehead atoms. The number of methoxy groups -OCH3 is 1. The first-order chi connectivity index (χ1) is 12.6. The Hall–Kier alpha value is -1.67. The van der Waals surface area contributed by atoms with Crippen molar-refractivity contribution in [1.82, 2.24) is 0 Å². The van der Waals surface area contributed by atoms with Crippen LogP contribution in [0, 0.1) is 0 Å². The van der Waals surface area contributed by atoms with Crippen LogP contribution in [0.5, 0.6) is 5.75 Å². The van der Waals surface area contributed by atoms with Crippen molar-refractivity contribution in [3.8, 4) is 5.75 Å². The molecule has 0 aliphatic heterocycles. The quantitative estimate of drug-likeness (QED) is 0.704. The fourth-order valence-electron chi connectivity index (χ4n) is 2.45.